The van der Waals surface area contributed by atoms with E-state index in [-0.39, 0.29) is 12.3 Å². The number of nitrogens with zero attached hydrogens (tertiary/aromatic N) is 1. The average Bonchev–Trinajstić information content (AvgIpc) is 2.48. The maximum atomic E-state index is 11.9. The molecular weight excluding hydrogens is 306 g/mol. The normalized spacial score (nSPS) is 11.4. The fourth-order valence-electron chi connectivity index (χ4n) is 1.64. The van der Waals surface area contributed by atoms with E-state index in [1.165, 1.54) is 11.8 Å². The zero-order valence-corrected chi connectivity index (χ0v) is 13.0. The second kappa shape index (κ2) is 7.44. The quantitative estimate of drug-likeness (QED) is 0.600. The first-order chi connectivity index (χ1) is 10.1. The summed E-state index contributed by atoms with van der Waals surface area (Å²) in [4.78, 5) is 4.79. The lowest BCUT2D eigenvalue weighted by atomic mass is 10.3. The minimum atomic E-state index is -3.29. The summed E-state index contributed by atoms with van der Waals surface area (Å²) in [7, 11) is -3.29. The van der Waals surface area contributed by atoms with Crippen LogP contribution in [-0.4, -0.2) is 24.9 Å². The Morgan fingerprint density at radius 3 is 2.57 bits per heavy atom. The smallest absolute Gasteiger partial charge is 0.212 e. The highest BCUT2D eigenvalue weighted by Gasteiger charge is 2.10. The molecule has 112 valence electrons. The number of aromatic nitrogens is 1. The molecule has 1 aromatic carbocycles. The highest BCUT2D eigenvalue weighted by Crippen LogP contribution is 2.24. The van der Waals surface area contributed by atoms with E-state index in [9.17, 15) is 8.42 Å². The summed E-state index contributed by atoms with van der Waals surface area (Å²) in [5, 5.41) is 0. The van der Waals surface area contributed by atoms with Crippen molar-refractivity contribution in [1.82, 2.24) is 9.71 Å². The SMILES string of the molecule is Nc1ccccc1SCCS(=O)(=O)NCc1ccncc1. The second-order valence-corrected chi connectivity index (χ2v) is 7.44. The monoisotopic (exact) mass is 323 g/mol. The fraction of sp³-hybridized carbons (Fsp3) is 0.214. The molecule has 2 rings (SSSR count). The topological polar surface area (TPSA) is 85.1 Å². The molecule has 0 bridgehead atoms. The van der Waals surface area contributed by atoms with Crippen molar-refractivity contribution in [2.45, 2.75) is 11.4 Å². The Kier molecular flexibility index (Phi) is 5.60. The Morgan fingerprint density at radius 1 is 1.14 bits per heavy atom. The molecule has 5 nitrogen and oxygen atoms in total. The summed E-state index contributed by atoms with van der Waals surface area (Å²) < 4.78 is 26.4. The third-order valence-corrected chi connectivity index (χ3v) is 5.45. The van der Waals surface area contributed by atoms with E-state index in [2.05, 4.69) is 9.71 Å². The third kappa shape index (κ3) is 5.37. The van der Waals surface area contributed by atoms with Crippen LogP contribution in [-0.2, 0) is 16.6 Å². The minimum Gasteiger partial charge on any atom is -0.398 e. The highest BCUT2D eigenvalue weighted by atomic mass is 32.2. The number of anilines is 1. The lowest BCUT2D eigenvalue weighted by molar-refractivity contribution is 0.583. The molecule has 0 fully saturated rings. The van der Waals surface area contributed by atoms with Crippen LogP contribution in [0.5, 0.6) is 0 Å². The number of hydrogen-bond acceptors (Lipinski definition) is 5. The maximum Gasteiger partial charge on any atom is 0.212 e. The van der Waals surface area contributed by atoms with E-state index in [0.29, 0.717) is 11.4 Å². The predicted molar refractivity (Wildman–Crippen MR) is 86.4 cm³/mol. The van der Waals surface area contributed by atoms with Crippen LogP contribution in [0, 0.1) is 0 Å². The third-order valence-electron chi connectivity index (χ3n) is 2.77. The largest absolute Gasteiger partial charge is 0.398 e. The standard InChI is InChI=1S/C14H17N3O2S2/c15-13-3-1-2-4-14(13)20-9-10-21(18,19)17-11-12-5-7-16-8-6-12/h1-8,17H,9-11,15H2. The molecule has 2 aromatic rings. The van der Waals surface area contributed by atoms with Crippen molar-refractivity contribution in [3.05, 3.63) is 54.4 Å². The lowest BCUT2D eigenvalue weighted by Crippen LogP contribution is -2.26. The number of hydrogen-bond donors (Lipinski definition) is 2. The first kappa shape index (κ1) is 15.8. The van der Waals surface area contributed by atoms with Gasteiger partial charge in [-0.2, -0.15) is 0 Å². The number of para-hydroxylation sites is 1. The lowest BCUT2D eigenvalue weighted by Gasteiger charge is -2.07. The molecule has 1 heterocycles. The molecule has 0 unspecified atom stereocenters. The van der Waals surface area contributed by atoms with Gasteiger partial charge in [0, 0.05) is 35.3 Å². The van der Waals surface area contributed by atoms with Crippen LogP contribution in [0.4, 0.5) is 5.69 Å². The summed E-state index contributed by atoms with van der Waals surface area (Å²) in [6.07, 6.45) is 3.27. The van der Waals surface area contributed by atoms with Gasteiger partial charge in [0.05, 0.1) is 5.75 Å². The molecule has 0 spiro atoms. The molecule has 0 atom stereocenters. The summed E-state index contributed by atoms with van der Waals surface area (Å²) in [5.74, 6) is 0.511. The number of thioether (sulfide) groups is 1. The Balaban J connectivity index is 1.80. The number of rotatable bonds is 7. The molecule has 1 aromatic heterocycles. The molecule has 7 heteroatoms. The Bertz CT molecular complexity index is 676. The van der Waals surface area contributed by atoms with Gasteiger partial charge in [-0.3, -0.25) is 4.98 Å². The van der Waals surface area contributed by atoms with E-state index < -0.39 is 10.0 Å². The van der Waals surface area contributed by atoms with Crippen molar-refractivity contribution >= 4 is 27.5 Å². The van der Waals surface area contributed by atoms with Gasteiger partial charge in [0.15, 0.2) is 0 Å². The van der Waals surface area contributed by atoms with Crippen molar-refractivity contribution in [3.8, 4) is 0 Å². The van der Waals surface area contributed by atoms with Gasteiger partial charge in [0.2, 0.25) is 10.0 Å². The number of sulfonamides is 1. The van der Waals surface area contributed by atoms with Gasteiger partial charge in [0.1, 0.15) is 0 Å². The molecular formula is C14H17N3O2S2. The summed E-state index contributed by atoms with van der Waals surface area (Å²) >= 11 is 1.44. The first-order valence-corrected chi connectivity index (χ1v) is 9.04. The van der Waals surface area contributed by atoms with Crippen molar-refractivity contribution in [2.24, 2.45) is 0 Å². The first-order valence-electron chi connectivity index (χ1n) is 6.40. The van der Waals surface area contributed by atoms with E-state index in [0.717, 1.165) is 10.5 Å². The number of benzene rings is 1. The molecule has 0 aliphatic heterocycles. The van der Waals surface area contributed by atoms with Crippen LogP contribution in [0.1, 0.15) is 5.56 Å². The van der Waals surface area contributed by atoms with Gasteiger partial charge in [-0.1, -0.05) is 12.1 Å². The van der Waals surface area contributed by atoms with Crippen molar-refractivity contribution in [2.75, 3.05) is 17.2 Å². The van der Waals surface area contributed by atoms with Crippen LogP contribution in [0.2, 0.25) is 0 Å². The number of pyridine rings is 1. The second-order valence-electron chi connectivity index (χ2n) is 4.38. The van der Waals surface area contributed by atoms with E-state index >= 15 is 0 Å². The maximum absolute atomic E-state index is 11.9. The molecule has 21 heavy (non-hydrogen) atoms. The van der Waals surface area contributed by atoms with Crippen LogP contribution < -0.4 is 10.5 Å². The van der Waals surface area contributed by atoms with Crippen LogP contribution in [0.15, 0.2) is 53.7 Å². The highest BCUT2D eigenvalue weighted by molar-refractivity contribution is 8.00. The molecule has 0 amide bonds. The summed E-state index contributed by atoms with van der Waals surface area (Å²) in [6, 6.07) is 11.0. The zero-order chi connectivity index (χ0) is 15.1. The van der Waals surface area contributed by atoms with Gasteiger partial charge in [-0.25, -0.2) is 13.1 Å². The van der Waals surface area contributed by atoms with Crippen LogP contribution in [0.3, 0.4) is 0 Å². The Hall–Kier alpha value is -1.57. The Labute approximate surface area is 129 Å². The van der Waals surface area contributed by atoms with E-state index in [1.807, 2.05) is 18.2 Å². The molecule has 0 saturated heterocycles. The van der Waals surface area contributed by atoms with Gasteiger partial charge in [-0.05, 0) is 29.8 Å². The zero-order valence-electron chi connectivity index (χ0n) is 11.4. The average molecular weight is 323 g/mol. The summed E-state index contributed by atoms with van der Waals surface area (Å²) in [5.41, 5.74) is 7.37. The number of nitrogens with one attached hydrogen (secondary N) is 1. The van der Waals surface area contributed by atoms with Crippen molar-refractivity contribution in [3.63, 3.8) is 0 Å². The molecule has 0 radical (unpaired) electrons. The molecule has 0 aliphatic rings. The van der Waals surface area contributed by atoms with Gasteiger partial charge in [-0.15, -0.1) is 11.8 Å². The van der Waals surface area contributed by atoms with E-state index in [4.69, 9.17) is 5.73 Å². The van der Waals surface area contributed by atoms with Crippen molar-refractivity contribution < 1.29 is 8.42 Å². The Morgan fingerprint density at radius 2 is 1.86 bits per heavy atom. The molecule has 0 saturated carbocycles. The van der Waals surface area contributed by atoms with Crippen LogP contribution >= 0.6 is 11.8 Å². The fourth-order valence-corrected chi connectivity index (χ4v) is 4.01. The predicted octanol–water partition coefficient (Wildman–Crippen LogP) is 1.88. The number of nitrogens with two attached hydrogens (primary N) is 1. The van der Waals surface area contributed by atoms with E-state index in [1.54, 1.807) is 30.6 Å². The summed E-state index contributed by atoms with van der Waals surface area (Å²) in [6.45, 7) is 0.281. The van der Waals surface area contributed by atoms with Gasteiger partial charge in [0.25, 0.3) is 0 Å². The van der Waals surface area contributed by atoms with Gasteiger partial charge >= 0.3 is 0 Å². The minimum absolute atomic E-state index is 0.0527. The van der Waals surface area contributed by atoms with Gasteiger partial charge < -0.3 is 5.73 Å². The van der Waals surface area contributed by atoms with Crippen molar-refractivity contribution in [1.29, 1.82) is 0 Å². The number of nitrogen functional groups attached to an aromatic ring is 1. The molecule has 3 N–H and O–H groups in total. The van der Waals surface area contributed by atoms with Crippen LogP contribution in [0.25, 0.3) is 0 Å². The molecule has 0 aliphatic carbocycles.